The quantitative estimate of drug-likeness (QED) is 0.561. The maximum Gasteiger partial charge on any atom is 0.391 e. The minimum absolute atomic E-state index is 0.000804. The van der Waals surface area contributed by atoms with Gasteiger partial charge in [-0.25, -0.2) is 0 Å². The average Bonchev–Trinajstić information content (AvgIpc) is 3.48. The van der Waals surface area contributed by atoms with E-state index in [1.54, 1.807) is 0 Å². The van der Waals surface area contributed by atoms with Crippen molar-refractivity contribution >= 4 is 5.70 Å². The molecule has 0 amide bonds. The highest BCUT2D eigenvalue weighted by Crippen LogP contribution is 2.60. The number of alkyl halides is 3. The van der Waals surface area contributed by atoms with Gasteiger partial charge in [0.05, 0.1) is 11.6 Å². The lowest BCUT2D eigenvalue weighted by Gasteiger charge is -2.27. The fourth-order valence-corrected chi connectivity index (χ4v) is 5.07. The Morgan fingerprint density at radius 2 is 2.06 bits per heavy atom. The number of rotatable bonds is 6. The SMILES string of the molecule is C=C(c1cc(C)ccc1CC(C)C(F)(F)F)N1CC2CC2(c2cc(C3(C)CC3)on2)C1. The second-order valence-electron chi connectivity index (χ2n) is 10.3. The smallest absolute Gasteiger partial charge is 0.370 e. The number of hydrogen-bond donors (Lipinski definition) is 0. The van der Waals surface area contributed by atoms with E-state index in [1.165, 1.54) is 6.92 Å². The van der Waals surface area contributed by atoms with Crippen molar-refractivity contribution in [2.24, 2.45) is 11.8 Å². The molecule has 1 saturated heterocycles. The first-order valence-electron chi connectivity index (χ1n) is 11.1. The zero-order valence-corrected chi connectivity index (χ0v) is 18.4. The first-order chi connectivity index (χ1) is 14.5. The van der Waals surface area contributed by atoms with Crippen LogP contribution in [0.3, 0.4) is 0 Å². The van der Waals surface area contributed by atoms with Gasteiger partial charge in [0.25, 0.3) is 0 Å². The van der Waals surface area contributed by atoms with Gasteiger partial charge in [-0.3, -0.25) is 0 Å². The zero-order valence-electron chi connectivity index (χ0n) is 18.4. The van der Waals surface area contributed by atoms with E-state index in [9.17, 15) is 13.2 Å². The molecule has 2 aromatic rings. The number of hydrogen-bond acceptors (Lipinski definition) is 3. The summed E-state index contributed by atoms with van der Waals surface area (Å²) in [6, 6.07) is 7.82. The molecule has 5 rings (SSSR count). The number of fused-ring (bicyclic) bond motifs is 1. The highest BCUT2D eigenvalue weighted by molar-refractivity contribution is 5.67. The van der Waals surface area contributed by atoms with E-state index in [4.69, 9.17) is 4.52 Å². The number of piperidine rings is 1. The number of halogens is 3. The molecule has 3 aliphatic rings. The summed E-state index contributed by atoms with van der Waals surface area (Å²) in [5.41, 5.74) is 4.57. The second-order valence-corrected chi connectivity index (χ2v) is 10.3. The third-order valence-corrected chi connectivity index (χ3v) is 7.80. The third kappa shape index (κ3) is 3.48. The van der Waals surface area contributed by atoms with Crippen LogP contribution in [0.25, 0.3) is 5.70 Å². The summed E-state index contributed by atoms with van der Waals surface area (Å²) in [4.78, 5) is 2.23. The van der Waals surface area contributed by atoms with Crippen LogP contribution in [0.4, 0.5) is 13.2 Å². The molecule has 31 heavy (non-hydrogen) atoms. The number of nitrogens with zero attached hydrogens (tertiary/aromatic N) is 2. The third-order valence-electron chi connectivity index (χ3n) is 7.80. The van der Waals surface area contributed by atoms with Gasteiger partial charge in [0.1, 0.15) is 5.76 Å². The van der Waals surface area contributed by atoms with E-state index >= 15 is 0 Å². The number of aromatic nitrogens is 1. The van der Waals surface area contributed by atoms with Gasteiger partial charge in [0.2, 0.25) is 0 Å². The zero-order chi connectivity index (χ0) is 22.2. The summed E-state index contributed by atoms with van der Waals surface area (Å²) >= 11 is 0. The Labute approximate surface area is 181 Å². The molecule has 6 heteroatoms. The Balaban J connectivity index is 1.36. The molecule has 2 heterocycles. The van der Waals surface area contributed by atoms with Crippen LogP contribution in [0.5, 0.6) is 0 Å². The van der Waals surface area contributed by atoms with Crippen LogP contribution in [0.2, 0.25) is 0 Å². The molecule has 3 fully saturated rings. The topological polar surface area (TPSA) is 29.3 Å². The molecule has 3 nitrogen and oxygen atoms in total. The van der Waals surface area contributed by atoms with Crippen LogP contribution >= 0.6 is 0 Å². The lowest BCUT2D eigenvalue weighted by molar-refractivity contribution is -0.169. The van der Waals surface area contributed by atoms with Crippen molar-refractivity contribution in [2.45, 2.75) is 63.5 Å². The van der Waals surface area contributed by atoms with Crippen molar-refractivity contribution < 1.29 is 17.7 Å². The Kier molecular flexibility index (Phi) is 4.42. The average molecular weight is 431 g/mol. The Bertz CT molecular complexity index is 1040. The molecule has 166 valence electrons. The molecule has 2 aliphatic carbocycles. The van der Waals surface area contributed by atoms with Crippen LogP contribution in [-0.2, 0) is 17.3 Å². The largest absolute Gasteiger partial charge is 0.391 e. The second kappa shape index (κ2) is 6.63. The van der Waals surface area contributed by atoms with Crippen LogP contribution in [0, 0.1) is 18.8 Å². The number of aryl methyl sites for hydroxylation is 1. The van der Waals surface area contributed by atoms with E-state index < -0.39 is 12.1 Å². The van der Waals surface area contributed by atoms with Crippen molar-refractivity contribution in [1.29, 1.82) is 0 Å². The summed E-state index contributed by atoms with van der Waals surface area (Å²) in [6.45, 7) is 11.4. The van der Waals surface area contributed by atoms with Crippen molar-refractivity contribution in [1.82, 2.24) is 10.1 Å². The maximum atomic E-state index is 13.2. The van der Waals surface area contributed by atoms with Crippen molar-refractivity contribution in [2.75, 3.05) is 13.1 Å². The standard InChI is InChI=1S/C25H29F3N2O/c1-15-5-6-18(10-16(2)25(26,27)28)20(9-15)17(3)30-13-19-12-24(19,14-30)21-11-22(31-29-21)23(4)7-8-23/h5-6,9,11,16,19H,3,7-8,10,12-14H2,1-2,4H3. The Morgan fingerprint density at radius 1 is 1.32 bits per heavy atom. The molecular formula is C25H29F3N2O. The predicted octanol–water partition coefficient (Wildman–Crippen LogP) is 6.02. The molecule has 3 unspecified atom stereocenters. The molecule has 0 N–H and O–H groups in total. The molecule has 3 atom stereocenters. The first-order valence-corrected chi connectivity index (χ1v) is 11.1. The van der Waals surface area contributed by atoms with E-state index in [0.717, 1.165) is 60.6 Å². The Morgan fingerprint density at radius 3 is 2.74 bits per heavy atom. The van der Waals surface area contributed by atoms with Gasteiger partial charge in [0, 0.05) is 41.2 Å². The minimum Gasteiger partial charge on any atom is -0.370 e. The number of likely N-dealkylation sites (tertiary alicyclic amines) is 1. The molecule has 0 spiro atoms. The molecule has 2 saturated carbocycles. The maximum absolute atomic E-state index is 13.2. The van der Waals surface area contributed by atoms with Gasteiger partial charge in [-0.1, -0.05) is 43.3 Å². The van der Waals surface area contributed by atoms with Crippen molar-refractivity contribution in [3.63, 3.8) is 0 Å². The van der Waals surface area contributed by atoms with Crippen molar-refractivity contribution in [3.8, 4) is 0 Å². The summed E-state index contributed by atoms with van der Waals surface area (Å²) in [6.07, 6.45) is -0.857. The Hall–Kier alpha value is -2.24. The van der Waals surface area contributed by atoms with E-state index in [2.05, 4.69) is 29.6 Å². The minimum atomic E-state index is -4.20. The van der Waals surface area contributed by atoms with Gasteiger partial charge >= 0.3 is 6.18 Å². The fraction of sp³-hybridized carbons (Fsp3) is 0.560. The predicted molar refractivity (Wildman–Crippen MR) is 114 cm³/mol. The highest BCUT2D eigenvalue weighted by atomic mass is 19.4. The summed E-state index contributed by atoms with van der Waals surface area (Å²) < 4.78 is 45.2. The van der Waals surface area contributed by atoms with Gasteiger partial charge in [-0.15, -0.1) is 0 Å². The highest BCUT2D eigenvalue weighted by Gasteiger charge is 2.63. The summed E-state index contributed by atoms with van der Waals surface area (Å²) in [7, 11) is 0. The van der Waals surface area contributed by atoms with Crippen LogP contribution < -0.4 is 0 Å². The molecule has 0 radical (unpaired) electrons. The van der Waals surface area contributed by atoms with Gasteiger partial charge in [0.15, 0.2) is 0 Å². The molecule has 1 aliphatic heterocycles. The van der Waals surface area contributed by atoms with Crippen LogP contribution in [0.15, 0.2) is 35.4 Å². The molecule has 1 aromatic heterocycles. The normalized spacial score (nSPS) is 27.2. The van der Waals surface area contributed by atoms with Gasteiger partial charge in [-0.2, -0.15) is 13.2 Å². The fourth-order valence-electron chi connectivity index (χ4n) is 5.07. The lowest BCUT2D eigenvalue weighted by atomic mass is 9.93. The van der Waals surface area contributed by atoms with E-state index in [-0.39, 0.29) is 17.3 Å². The lowest BCUT2D eigenvalue weighted by Crippen LogP contribution is -2.26. The van der Waals surface area contributed by atoms with Crippen LogP contribution in [-0.4, -0.2) is 29.3 Å². The number of benzene rings is 1. The van der Waals surface area contributed by atoms with Crippen LogP contribution in [0.1, 0.15) is 61.3 Å². The van der Waals surface area contributed by atoms with Crippen molar-refractivity contribution in [3.05, 3.63) is 59.0 Å². The molecule has 0 bridgehead atoms. The monoisotopic (exact) mass is 430 g/mol. The van der Waals surface area contributed by atoms with E-state index in [1.807, 2.05) is 25.1 Å². The van der Waals surface area contributed by atoms with Gasteiger partial charge < -0.3 is 9.42 Å². The first kappa shape index (κ1) is 20.7. The molecule has 1 aromatic carbocycles. The summed E-state index contributed by atoms with van der Waals surface area (Å²) in [5.74, 6) is 0.0934. The molecular weight excluding hydrogens is 401 g/mol. The van der Waals surface area contributed by atoms with Gasteiger partial charge in [-0.05, 0) is 50.2 Å². The van der Waals surface area contributed by atoms with E-state index in [0.29, 0.717) is 11.5 Å². The summed E-state index contributed by atoms with van der Waals surface area (Å²) in [5, 5.41) is 4.43.